The highest BCUT2D eigenvalue weighted by molar-refractivity contribution is 6.30. The Morgan fingerprint density at radius 3 is 2.24 bits per heavy atom. The number of ketones is 1. The quantitative estimate of drug-likeness (QED) is 0.796. The second-order valence-corrected chi connectivity index (χ2v) is 4.45. The lowest BCUT2D eigenvalue weighted by atomic mass is 9.88. The second-order valence-electron chi connectivity index (χ2n) is 4.01. The van der Waals surface area contributed by atoms with Crippen LogP contribution in [0, 0.1) is 0 Å². The molecule has 1 unspecified atom stereocenters. The first kappa shape index (κ1) is 11.9. The summed E-state index contributed by atoms with van der Waals surface area (Å²) in [6.45, 7) is 1.61. The number of benzene rings is 2. The molecule has 0 radical (unpaired) electrons. The topological polar surface area (TPSA) is 17.1 Å². The lowest BCUT2D eigenvalue weighted by molar-refractivity contribution is -0.117. The molecule has 2 rings (SSSR count). The van der Waals surface area contributed by atoms with Gasteiger partial charge in [0.2, 0.25) is 0 Å². The first-order chi connectivity index (χ1) is 8.18. The van der Waals surface area contributed by atoms with E-state index in [2.05, 4.69) is 0 Å². The van der Waals surface area contributed by atoms with Crippen molar-refractivity contribution in [3.8, 4) is 0 Å². The standard InChI is InChI=1S/C15H13ClO/c1-11(17)15(12-6-3-2-4-7-12)13-8-5-9-14(16)10-13/h2-10,15H,1H3. The van der Waals surface area contributed by atoms with Crippen LogP contribution >= 0.6 is 11.6 Å². The fourth-order valence-corrected chi connectivity index (χ4v) is 2.19. The highest BCUT2D eigenvalue weighted by Gasteiger charge is 2.18. The molecule has 0 amide bonds. The molecule has 2 aromatic carbocycles. The highest BCUT2D eigenvalue weighted by atomic mass is 35.5. The highest BCUT2D eigenvalue weighted by Crippen LogP contribution is 2.27. The second kappa shape index (κ2) is 5.15. The lowest BCUT2D eigenvalue weighted by Gasteiger charge is -2.14. The van der Waals surface area contributed by atoms with Gasteiger partial charge in [-0.25, -0.2) is 0 Å². The normalized spacial score (nSPS) is 12.1. The van der Waals surface area contributed by atoms with E-state index in [0.29, 0.717) is 5.02 Å². The molecule has 0 saturated carbocycles. The van der Waals surface area contributed by atoms with Crippen molar-refractivity contribution in [1.29, 1.82) is 0 Å². The predicted molar refractivity (Wildman–Crippen MR) is 70.4 cm³/mol. The molecule has 0 spiro atoms. The number of Topliss-reactive ketones (excluding diaryl/α,β-unsaturated/α-hetero) is 1. The predicted octanol–water partition coefficient (Wildman–Crippen LogP) is 4.06. The van der Waals surface area contributed by atoms with E-state index in [0.717, 1.165) is 11.1 Å². The molecular formula is C15H13ClO. The van der Waals surface area contributed by atoms with Crippen molar-refractivity contribution in [3.63, 3.8) is 0 Å². The molecule has 0 bridgehead atoms. The molecule has 0 aliphatic rings. The van der Waals surface area contributed by atoms with E-state index in [-0.39, 0.29) is 11.7 Å². The molecule has 0 heterocycles. The van der Waals surface area contributed by atoms with Gasteiger partial charge in [0.05, 0.1) is 5.92 Å². The van der Waals surface area contributed by atoms with Crippen molar-refractivity contribution in [2.45, 2.75) is 12.8 Å². The van der Waals surface area contributed by atoms with Gasteiger partial charge < -0.3 is 0 Å². The van der Waals surface area contributed by atoms with Crippen molar-refractivity contribution in [2.75, 3.05) is 0 Å². The molecule has 0 aromatic heterocycles. The van der Waals surface area contributed by atoms with Crippen LogP contribution in [0.5, 0.6) is 0 Å². The Bertz CT molecular complexity index is 519. The van der Waals surface area contributed by atoms with Gasteiger partial charge in [-0.15, -0.1) is 0 Å². The fraction of sp³-hybridized carbons (Fsp3) is 0.133. The maximum absolute atomic E-state index is 11.8. The van der Waals surface area contributed by atoms with E-state index in [9.17, 15) is 4.79 Å². The van der Waals surface area contributed by atoms with Crippen molar-refractivity contribution in [1.82, 2.24) is 0 Å². The van der Waals surface area contributed by atoms with Crippen molar-refractivity contribution < 1.29 is 4.79 Å². The Hall–Kier alpha value is -1.60. The van der Waals surface area contributed by atoms with Gasteiger partial charge in [0.25, 0.3) is 0 Å². The Labute approximate surface area is 106 Å². The summed E-state index contributed by atoms with van der Waals surface area (Å²) < 4.78 is 0. The van der Waals surface area contributed by atoms with Gasteiger partial charge in [0.15, 0.2) is 0 Å². The molecule has 0 N–H and O–H groups in total. The van der Waals surface area contributed by atoms with E-state index in [1.807, 2.05) is 54.6 Å². The van der Waals surface area contributed by atoms with Crippen molar-refractivity contribution in [3.05, 3.63) is 70.7 Å². The van der Waals surface area contributed by atoms with E-state index >= 15 is 0 Å². The van der Waals surface area contributed by atoms with Gasteiger partial charge in [0.1, 0.15) is 5.78 Å². The minimum Gasteiger partial charge on any atom is -0.299 e. The molecule has 1 atom stereocenters. The van der Waals surface area contributed by atoms with E-state index in [4.69, 9.17) is 11.6 Å². The average molecular weight is 245 g/mol. The van der Waals surface area contributed by atoms with Gasteiger partial charge in [-0.1, -0.05) is 54.1 Å². The molecule has 0 saturated heterocycles. The molecule has 0 aliphatic carbocycles. The maximum Gasteiger partial charge on any atom is 0.141 e. The van der Waals surface area contributed by atoms with Crippen LogP contribution in [0.25, 0.3) is 0 Å². The molecule has 0 aliphatic heterocycles. The number of hydrogen-bond acceptors (Lipinski definition) is 1. The van der Waals surface area contributed by atoms with Gasteiger partial charge in [0, 0.05) is 5.02 Å². The largest absolute Gasteiger partial charge is 0.299 e. The SMILES string of the molecule is CC(=O)C(c1ccccc1)c1cccc(Cl)c1. The number of rotatable bonds is 3. The van der Waals surface area contributed by atoms with Crippen LogP contribution < -0.4 is 0 Å². The van der Waals surface area contributed by atoms with Crippen LogP contribution in [0.1, 0.15) is 24.0 Å². The van der Waals surface area contributed by atoms with E-state index in [1.54, 1.807) is 6.92 Å². The fourth-order valence-electron chi connectivity index (χ4n) is 1.99. The summed E-state index contributed by atoms with van der Waals surface area (Å²) in [7, 11) is 0. The minimum atomic E-state index is -0.227. The van der Waals surface area contributed by atoms with Crippen LogP contribution in [-0.2, 0) is 4.79 Å². The maximum atomic E-state index is 11.8. The molecule has 17 heavy (non-hydrogen) atoms. The molecule has 2 heteroatoms. The number of carbonyl (C=O) groups excluding carboxylic acids is 1. The van der Waals surface area contributed by atoms with Crippen molar-refractivity contribution >= 4 is 17.4 Å². The lowest BCUT2D eigenvalue weighted by Crippen LogP contribution is -2.10. The molecular weight excluding hydrogens is 232 g/mol. The summed E-state index contributed by atoms with van der Waals surface area (Å²) in [5, 5.41) is 0.657. The molecule has 2 aromatic rings. The Kier molecular flexibility index (Phi) is 3.60. The number of hydrogen-bond donors (Lipinski definition) is 0. The summed E-state index contributed by atoms with van der Waals surface area (Å²) >= 11 is 5.97. The van der Waals surface area contributed by atoms with Gasteiger partial charge in [-0.2, -0.15) is 0 Å². The molecule has 0 fully saturated rings. The first-order valence-electron chi connectivity index (χ1n) is 5.49. The third kappa shape index (κ3) is 2.75. The van der Waals surface area contributed by atoms with Gasteiger partial charge in [-0.05, 0) is 30.2 Å². The first-order valence-corrected chi connectivity index (χ1v) is 5.87. The van der Waals surface area contributed by atoms with Gasteiger partial charge in [-0.3, -0.25) is 4.79 Å². The zero-order valence-corrected chi connectivity index (χ0v) is 10.3. The monoisotopic (exact) mass is 244 g/mol. The Morgan fingerprint density at radius 1 is 1.00 bits per heavy atom. The summed E-state index contributed by atoms with van der Waals surface area (Å²) in [4.78, 5) is 11.8. The van der Waals surface area contributed by atoms with E-state index < -0.39 is 0 Å². The van der Waals surface area contributed by atoms with Crippen LogP contribution in [-0.4, -0.2) is 5.78 Å². The van der Waals surface area contributed by atoms with Crippen LogP contribution in [0.2, 0.25) is 5.02 Å². The summed E-state index contributed by atoms with van der Waals surface area (Å²) in [6.07, 6.45) is 0. The minimum absolute atomic E-state index is 0.124. The third-order valence-electron chi connectivity index (χ3n) is 2.72. The Balaban J connectivity index is 2.47. The molecule has 1 nitrogen and oxygen atoms in total. The number of carbonyl (C=O) groups is 1. The molecule has 86 valence electrons. The average Bonchev–Trinajstić information content (AvgIpc) is 2.30. The zero-order valence-electron chi connectivity index (χ0n) is 9.56. The smallest absolute Gasteiger partial charge is 0.141 e. The van der Waals surface area contributed by atoms with Crippen molar-refractivity contribution in [2.24, 2.45) is 0 Å². The summed E-state index contributed by atoms with van der Waals surface area (Å²) in [5.74, 6) is -0.103. The summed E-state index contributed by atoms with van der Waals surface area (Å²) in [6, 6.07) is 17.2. The zero-order chi connectivity index (χ0) is 12.3. The summed E-state index contributed by atoms with van der Waals surface area (Å²) in [5.41, 5.74) is 1.94. The third-order valence-corrected chi connectivity index (χ3v) is 2.96. The van der Waals surface area contributed by atoms with Gasteiger partial charge >= 0.3 is 0 Å². The van der Waals surface area contributed by atoms with Crippen LogP contribution in [0.4, 0.5) is 0 Å². The van der Waals surface area contributed by atoms with Crippen LogP contribution in [0.3, 0.4) is 0 Å². The number of halogens is 1. The van der Waals surface area contributed by atoms with E-state index in [1.165, 1.54) is 0 Å². The van der Waals surface area contributed by atoms with Crippen LogP contribution in [0.15, 0.2) is 54.6 Å². The Morgan fingerprint density at radius 2 is 1.65 bits per heavy atom.